The number of imidazole rings is 1. The topological polar surface area (TPSA) is 115 Å². The van der Waals surface area contributed by atoms with Gasteiger partial charge in [0.25, 0.3) is 0 Å². The Bertz CT molecular complexity index is 1500. The van der Waals surface area contributed by atoms with Crippen molar-refractivity contribution in [2.75, 3.05) is 6.54 Å². The second kappa shape index (κ2) is 10.4. The van der Waals surface area contributed by atoms with Gasteiger partial charge in [0, 0.05) is 29.4 Å². The molecule has 0 amide bonds. The lowest BCUT2D eigenvalue weighted by atomic mass is 10.1. The molecule has 0 fully saturated rings. The second-order valence-electron chi connectivity index (χ2n) is 7.46. The van der Waals surface area contributed by atoms with Crippen molar-refractivity contribution < 1.29 is 12.8 Å². The van der Waals surface area contributed by atoms with Gasteiger partial charge in [-0.1, -0.05) is 24.8 Å². The highest BCUT2D eigenvalue weighted by Crippen LogP contribution is 2.28. The Hall–Kier alpha value is -3.54. The van der Waals surface area contributed by atoms with Crippen LogP contribution in [0.2, 0.25) is 0 Å². The molecule has 11 heteroatoms. The quantitative estimate of drug-likeness (QED) is 0.362. The first-order valence-corrected chi connectivity index (χ1v) is 12.7. The minimum atomic E-state index is -3.85. The van der Waals surface area contributed by atoms with Gasteiger partial charge in [-0.3, -0.25) is 4.57 Å². The van der Waals surface area contributed by atoms with E-state index in [4.69, 9.17) is 10.7 Å². The Morgan fingerprint density at radius 2 is 2.11 bits per heavy atom. The molecule has 0 aliphatic carbocycles. The van der Waals surface area contributed by atoms with Crippen molar-refractivity contribution in [3.05, 3.63) is 106 Å². The number of fused-ring (bicyclic) bond motifs is 1. The first kappa shape index (κ1) is 24.6. The average molecular weight is 557 g/mol. The van der Waals surface area contributed by atoms with E-state index in [1.165, 1.54) is 0 Å². The summed E-state index contributed by atoms with van der Waals surface area (Å²) in [5, 5.41) is 3.12. The molecular formula is C24H22BrFN6O2S. The number of halogens is 2. The number of rotatable bonds is 8. The summed E-state index contributed by atoms with van der Waals surface area (Å²) in [5.74, 6) is 1.14. The van der Waals surface area contributed by atoms with Crippen LogP contribution in [0.25, 0.3) is 22.4 Å². The first-order chi connectivity index (χ1) is 16.8. The van der Waals surface area contributed by atoms with E-state index >= 15 is 0 Å². The second-order valence-corrected chi connectivity index (χ2v) is 10.1. The van der Waals surface area contributed by atoms with E-state index in [2.05, 4.69) is 37.5 Å². The lowest BCUT2D eigenvalue weighted by Crippen LogP contribution is -2.25. The largest absolute Gasteiger partial charge is 0.385 e. The van der Waals surface area contributed by atoms with Crippen molar-refractivity contribution in [1.82, 2.24) is 24.6 Å². The molecule has 8 nitrogen and oxygen atoms in total. The third-order valence-corrected chi connectivity index (χ3v) is 7.08. The van der Waals surface area contributed by atoms with E-state index in [-0.39, 0.29) is 17.8 Å². The molecule has 0 radical (unpaired) electrons. The maximum absolute atomic E-state index is 12.5. The zero-order valence-corrected chi connectivity index (χ0v) is 20.9. The number of benzene rings is 1. The number of pyridine rings is 1. The van der Waals surface area contributed by atoms with Gasteiger partial charge in [-0.2, -0.15) is 0 Å². The Morgan fingerprint density at radius 3 is 2.80 bits per heavy atom. The Kier molecular flexibility index (Phi) is 7.29. The van der Waals surface area contributed by atoms with Crippen molar-refractivity contribution in [2.45, 2.75) is 6.54 Å². The van der Waals surface area contributed by atoms with E-state index < -0.39 is 10.0 Å². The smallest absolute Gasteiger partial charge is 0.240 e. The van der Waals surface area contributed by atoms with Crippen LogP contribution in [0.1, 0.15) is 11.4 Å². The fraction of sp³-hybridized carbons (Fsp3) is 0.0833. The predicted octanol–water partition coefficient (Wildman–Crippen LogP) is 3.94. The SMILES string of the molecule is C=C/C(=C\C=C\F)S(=O)(=O)NCc1ccc(-n2c(C3=C(N)NCC=C3)nc3cc(Br)cnc32)cc1. The Labute approximate surface area is 210 Å². The minimum absolute atomic E-state index is 0.0423. The first-order valence-electron chi connectivity index (χ1n) is 10.5. The normalized spacial score (nSPS) is 14.6. The van der Waals surface area contributed by atoms with E-state index in [0.717, 1.165) is 39.5 Å². The van der Waals surface area contributed by atoms with Gasteiger partial charge >= 0.3 is 0 Å². The molecule has 0 bridgehead atoms. The summed E-state index contributed by atoms with van der Waals surface area (Å²) < 4.78 is 42.4. The number of allylic oxidation sites excluding steroid dienone is 5. The Balaban J connectivity index is 1.67. The molecule has 0 saturated carbocycles. The summed E-state index contributed by atoms with van der Waals surface area (Å²) in [6, 6.07) is 9.19. The van der Waals surface area contributed by atoms with Gasteiger partial charge in [-0.05, 0) is 64.0 Å². The number of nitrogens with two attached hydrogens (primary N) is 1. The third kappa shape index (κ3) is 5.26. The number of aromatic nitrogens is 3. The summed E-state index contributed by atoms with van der Waals surface area (Å²) in [6.45, 7) is 4.15. The van der Waals surface area contributed by atoms with Gasteiger partial charge in [0.1, 0.15) is 11.3 Å². The molecule has 4 rings (SSSR count). The number of hydrogen-bond donors (Lipinski definition) is 3. The average Bonchev–Trinajstić information content (AvgIpc) is 3.22. The standard InChI is InChI=1S/C24H22BrFN6O2S/c1-2-19(5-3-11-26)35(33,34)30-14-16-7-9-18(10-8-16)32-23(20-6-4-12-28-22(20)27)31-21-13-17(25)15-29-24(21)32/h2-11,13,15,28,30H,1,12,14,27H2/b11-3+,19-5+. The molecule has 3 heterocycles. The highest BCUT2D eigenvalue weighted by atomic mass is 79.9. The van der Waals surface area contributed by atoms with E-state index in [1.807, 2.05) is 34.9 Å². The summed E-state index contributed by atoms with van der Waals surface area (Å²) in [7, 11) is -3.85. The maximum Gasteiger partial charge on any atom is 0.240 e. The van der Waals surface area contributed by atoms with Gasteiger partial charge in [0.05, 0.1) is 16.8 Å². The molecule has 1 aromatic carbocycles. The van der Waals surface area contributed by atoms with Crippen LogP contribution in [0.4, 0.5) is 4.39 Å². The van der Waals surface area contributed by atoms with Crippen LogP contribution < -0.4 is 15.8 Å². The molecule has 180 valence electrons. The summed E-state index contributed by atoms with van der Waals surface area (Å²) in [6.07, 6.45) is 9.10. The van der Waals surface area contributed by atoms with Gasteiger partial charge in [-0.15, -0.1) is 0 Å². The monoisotopic (exact) mass is 556 g/mol. The van der Waals surface area contributed by atoms with Crippen LogP contribution in [0.3, 0.4) is 0 Å². The van der Waals surface area contributed by atoms with Crippen LogP contribution in [0.15, 0.2) is 95.0 Å². The predicted molar refractivity (Wildman–Crippen MR) is 139 cm³/mol. The number of hydrogen-bond acceptors (Lipinski definition) is 6. The Morgan fingerprint density at radius 1 is 1.34 bits per heavy atom. The maximum atomic E-state index is 12.5. The fourth-order valence-corrected chi connectivity index (χ4v) is 4.83. The third-order valence-electron chi connectivity index (χ3n) is 5.20. The van der Waals surface area contributed by atoms with Crippen LogP contribution in [-0.2, 0) is 16.6 Å². The van der Waals surface area contributed by atoms with E-state index in [1.54, 1.807) is 18.3 Å². The fourth-order valence-electron chi connectivity index (χ4n) is 3.51. The lowest BCUT2D eigenvalue weighted by molar-refractivity contribution is 0.589. The number of nitrogens with zero attached hydrogens (tertiary/aromatic N) is 3. The highest BCUT2D eigenvalue weighted by Gasteiger charge is 2.20. The van der Waals surface area contributed by atoms with E-state index in [0.29, 0.717) is 29.4 Å². The zero-order chi connectivity index (χ0) is 25.0. The molecule has 0 spiro atoms. The zero-order valence-electron chi connectivity index (χ0n) is 18.4. The molecule has 0 atom stereocenters. The van der Waals surface area contributed by atoms with Crippen molar-refractivity contribution in [2.24, 2.45) is 5.73 Å². The van der Waals surface area contributed by atoms with Crippen molar-refractivity contribution in [3.63, 3.8) is 0 Å². The lowest BCUT2D eigenvalue weighted by Gasteiger charge is -2.16. The van der Waals surface area contributed by atoms with E-state index in [9.17, 15) is 12.8 Å². The van der Waals surface area contributed by atoms with Crippen LogP contribution in [0.5, 0.6) is 0 Å². The van der Waals surface area contributed by atoms with Gasteiger partial charge in [-0.25, -0.2) is 27.5 Å². The van der Waals surface area contributed by atoms with Gasteiger partial charge in [0.15, 0.2) is 11.5 Å². The minimum Gasteiger partial charge on any atom is -0.385 e. The molecular weight excluding hydrogens is 535 g/mol. The number of dihydropyridines is 1. The van der Waals surface area contributed by atoms with Gasteiger partial charge in [0.2, 0.25) is 10.0 Å². The van der Waals surface area contributed by atoms with Gasteiger partial charge < -0.3 is 11.1 Å². The number of sulfonamides is 1. The molecule has 1 aliphatic rings. The van der Waals surface area contributed by atoms with Crippen molar-refractivity contribution in [1.29, 1.82) is 0 Å². The highest BCUT2D eigenvalue weighted by molar-refractivity contribution is 9.10. The summed E-state index contributed by atoms with van der Waals surface area (Å²) in [5.41, 5.74) is 9.80. The molecule has 2 aromatic heterocycles. The summed E-state index contributed by atoms with van der Waals surface area (Å²) in [4.78, 5) is 9.19. The molecule has 0 unspecified atom stereocenters. The molecule has 3 aromatic rings. The van der Waals surface area contributed by atoms with Crippen molar-refractivity contribution >= 4 is 42.7 Å². The number of nitrogens with one attached hydrogen (secondary N) is 2. The molecule has 4 N–H and O–H groups in total. The molecule has 35 heavy (non-hydrogen) atoms. The van der Waals surface area contributed by atoms with Crippen LogP contribution in [0, 0.1) is 0 Å². The van der Waals surface area contributed by atoms with Crippen molar-refractivity contribution in [3.8, 4) is 5.69 Å². The molecule has 1 aliphatic heterocycles. The summed E-state index contributed by atoms with van der Waals surface area (Å²) >= 11 is 3.44. The van der Waals surface area contributed by atoms with Crippen LogP contribution >= 0.6 is 15.9 Å². The van der Waals surface area contributed by atoms with Crippen LogP contribution in [-0.4, -0.2) is 29.5 Å². The molecule has 0 saturated heterocycles.